The molecule has 1 atom stereocenters. The van der Waals surface area contributed by atoms with E-state index in [9.17, 15) is 4.79 Å². The van der Waals surface area contributed by atoms with Crippen LogP contribution in [0.1, 0.15) is 74.7 Å². The number of hydrogen-bond acceptors (Lipinski definition) is 3. The van der Waals surface area contributed by atoms with E-state index >= 15 is 0 Å². The molecule has 3 heteroatoms. The van der Waals surface area contributed by atoms with Crippen molar-refractivity contribution in [3.05, 3.63) is 0 Å². The molecule has 1 unspecified atom stereocenters. The molecule has 3 nitrogen and oxygen atoms in total. The lowest BCUT2D eigenvalue weighted by molar-refractivity contribution is -0.151. The molecule has 0 bridgehead atoms. The van der Waals surface area contributed by atoms with Crippen LogP contribution in [-0.4, -0.2) is 24.8 Å². The van der Waals surface area contributed by atoms with Gasteiger partial charge >= 0.3 is 5.97 Å². The maximum Gasteiger partial charge on any atom is 0.303 e. The second-order valence-electron chi connectivity index (χ2n) is 4.76. The molecule has 0 aliphatic heterocycles. The quantitative estimate of drug-likeness (QED) is 0.695. The summed E-state index contributed by atoms with van der Waals surface area (Å²) in [5.74, 6) is -0.225. The van der Waals surface area contributed by atoms with Crippen molar-refractivity contribution < 1.29 is 14.3 Å². The monoisotopic (exact) mass is 262 g/mol. The summed E-state index contributed by atoms with van der Waals surface area (Å²) >= 11 is 0. The van der Waals surface area contributed by atoms with Gasteiger partial charge in [-0.05, 0) is 33.6 Å². The van der Waals surface area contributed by atoms with Crippen LogP contribution in [0.25, 0.3) is 0 Å². The average molecular weight is 262 g/mol. The summed E-state index contributed by atoms with van der Waals surface area (Å²) in [6.07, 6.45) is 4.07. The summed E-state index contributed by atoms with van der Waals surface area (Å²) < 4.78 is 9.94. The number of carbonyl (C=O) groups excluding carboxylic acids is 1. The number of esters is 1. The van der Waals surface area contributed by atoms with Gasteiger partial charge in [0.15, 0.2) is 0 Å². The molecule has 0 spiro atoms. The minimum atomic E-state index is -0.328. The van der Waals surface area contributed by atoms with Crippen molar-refractivity contribution >= 4 is 5.97 Å². The maximum absolute atomic E-state index is 10.2. The zero-order valence-electron chi connectivity index (χ0n) is 13.9. The van der Waals surface area contributed by atoms with E-state index in [-0.39, 0.29) is 11.6 Å². The lowest BCUT2D eigenvalue weighted by Gasteiger charge is -2.17. The summed E-state index contributed by atoms with van der Waals surface area (Å²) in [4.78, 5) is 10.2. The second-order valence-corrected chi connectivity index (χ2v) is 4.76. The van der Waals surface area contributed by atoms with Gasteiger partial charge in [-0.25, -0.2) is 0 Å². The molecule has 0 aromatic rings. The third kappa shape index (κ3) is 24.6. The molecule has 0 aliphatic rings. The van der Waals surface area contributed by atoms with Gasteiger partial charge in [0.25, 0.3) is 0 Å². The molecule has 0 aromatic heterocycles. The predicted octanol–water partition coefficient (Wildman–Crippen LogP) is 4.59. The first kappa shape index (κ1) is 22.6. The molecular weight excluding hydrogens is 228 g/mol. The summed E-state index contributed by atoms with van der Waals surface area (Å²) in [5.41, 5.74) is -0.328. The Hall–Kier alpha value is -0.570. The highest BCUT2D eigenvalue weighted by Gasteiger charge is 2.11. The van der Waals surface area contributed by atoms with Crippen molar-refractivity contribution in [1.29, 1.82) is 0 Å². The van der Waals surface area contributed by atoms with Crippen LogP contribution >= 0.6 is 0 Å². The van der Waals surface area contributed by atoms with Gasteiger partial charge in [0.05, 0.1) is 6.10 Å². The third-order valence-electron chi connectivity index (χ3n) is 1.85. The lowest BCUT2D eigenvalue weighted by atomic mass is 10.2. The molecule has 0 radical (unpaired) electrons. The van der Waals surface area contributed by atoms with E-state index in [4.69, 9.17) is 9.47 Å². The van der Waals surface area contributed by atoms with E-state index in [1.807, 2.05) is 34.6 Å². The van der Waals surface area contributed by atoms with Crippen molar-refractivity contribution in [3.63, 3.8) is 0 Å². The Morgan fingerprint density at radius 3 is 1.67 bits per heavy atom. The number of carbonyl (C=O) groups is 1. The van der Waals surface area contributed by atoms with Crippen molar-refractivity contribution in [2.45, 2.75) is 86.4 Å². The Morgan fingerprint density at radius 1 is 1.17 bits per heavy atom. The molecule has 0 heterocycles. The van der Waals surface area contributed by atoms with Crippen LogP contribution in [-0.2, 0) is 14.3 Å². The summed E-state index contributed by atoms with van der Waals surface area (Å²) in [6, 6.07) is 0. The van der Waals surface area contributed by atoms with Crippen molar-refractivity contribution in [3.8, 4) is 0 Å². The minimum Gasteiger partial charge on any atom is -0.460 e. The SMILES string of the molecule is CC.CC(=O)OC(C)(C)C.CCCC(CC)OC. The van der Waals surface area contributed by atoms with Crippen LogP contribution in [0.15, 0.2) is 0 Å². The first-order valence-corrected chi connectivity index (χ1v) is 6.99. The van der Waals surface area contributed by atoms with Crippen molar-refractivity contribution in [2.24, 2.45) is 0 Å². The molecule has 0 aliphatic carbocycles. The first-order valence-electron chi connectivity index (χ1n) is 6.99. The number of rotatable bonds is 4. The maximum atomic E-state index is 10.2. The fraction of sp³-hybridized carbons (Fsp3) is 0.933. The van der Waals surface area contributed by atoms with E-state index in [1.54, 1.807) is 7.11 Å². The molecule has 0 aromatic carbocycles. The van der Waals surface area contributed by atoms with Gasteiger partial charge in [-0.2, -0.15) is 0 Å². The van der Waals surface area contributed by atoms with Gasteiger partial charge < -0.3 is 9.47 Å². The highest BCUT2D eigenvalue weighted by molar-refractivity contribution is 5.66. The van der Waals surface area contributed by atoms with Crippen LogP contribution < -0.4 is 0 Å². The van der Waals surface area contributed by atoms with Crippen molar-refractivity contribution in [2.75, 3.05) is 7.11 Å². The zero-order valence-corrected chi connectivity index (χ0v) is 13.9. The number of ether oxygens (including phenoxy) is 2. The van der Waals surface area contributed by atoms with Crippen molar-refractivity contribution in [1.82, 2.24) is 0 Å². The molecule has 0 N–H and O–H groups in total. The molecule has 0 saturated heterocycles. The zero-order chi connectivity index (χ0) is 15.2. The molecule has 112 valence electrons. The van der Waals surface area contributed by atoms with E-state index < -0.39 is 0 Å². The van der Waals surface area contributed by atoms with E-state index in [2.05, 4.69) is 13.8 Å². The molecule has 0 fully saturated rings. The van der Waals surface area contributed by atoms with Crippen LogP contribution in [0, 0.1) is 0 Å². The Morgan fingerprint density at radius 2 is 1.61 bits per heavy atom. The number of hydrogen-bond donors (Lipinski definition) is 0. The van der Waals surface area contributed by atoms with Gasteiger partial charge in [0.2, 0.25) is 0 Å². The summed E-state index contributed by atoms with van der Waals surface area (Å²) in [5, 5.41) is 0. The Labute approximate surface area is 114 Å². The van der Waals surface area contributed by atoms with Gasteiger partial charge in [-0.1, -0.05) is 34.1 Å². The highest BCUT2D eigenvalue weighted by Crippen LogP contribution is 2.05. The summed E-state index contributed by atoms with van der Waals surface area (Å²) in [7, 11) is 1.78. The second kappa shape index (κ2) is 14.5. The normalized spacial score (nSPS) is 11.4. The first-order chi connectivity index (χ1) is 8.26. The molecule has 18 heavy (non-hydrogen) atoms. The Balaban J connectivity index is -0.000000219. The standard InChI is InChI=1S/C7H16O.C6H12O2.C2H6/c1-4-6-7(5-2)8-3;1-5(7)8-6(2,3)4;1-2/h7H,4-6H2,1-3H3;1-4H3;1-2H3. The van der Waals surface area contributed by atoms with Gasteiger partial charge in [-0.15, -0.1) is 0 Å². The third-order valence-corrected chi connectivity index (χ3v) is 1.85. The lowest BCUT2D eigenvalue weighted by Crippen LogP contribution is -2.21. The van der Waals surface area contributed by atoms with Crippen LogP contribution in [0.5, 0.6) is 0 Å². The Kier molecular flexibility index (Phi) is 18.2. The van der Waals surface area contributed by atoms with Gasteiger partial charge in [-0.3, -0.25) is 4.79 Å². The minimum absolute atomic E-state index is 0.225. The van der Waals surface area contributed by atoms with E-state index in [0.717, 1.165) is 6.42 Å². The van der Waals surface area contributed by atoms with E-state index in [0.29, 0.717) is 6.10 Å². The molecule has 0 saturated carbocycles. The Bertz CT molecular complexity index is 167. The molecule has 0 amide bonds. The molecule has 0 rings (SSSR count). The number of methoxy groups -OCH3 is 1. The highest BCUT2D eigenvalue weighted by atomic mass is 16.6. The molecular formula is C15H34O3. The average Bonchev–Trinajstić information content (AvgIpc) is 2.26. The predicted molar refractivity (Wildman–Crippen MR) is 78.9 cm³/mol. The smallest absolute Gasteiger partial charge is 0.303 e. The topological polar surface area (TPSA) is 35.5 Å². The summed E-state index contributed by atoms with van der Waals surface area (Å²) in [6.45, 7) is 15.3. The van der Waals surface area contributed by atoms with Crippen LogP contribution in [0.2, 0.25) is 0 Å². The van der Waals surface area contributed by atoms with E-state index in [1.165, 1.54) is 19.8 Å². The largest absolute Gasteiger partial charge is 0.460 e. The van der Waals surface area contributed by atoms with Crippen LogP contribution in [0.3, 0.4) is 0 Å². The fourth-order valence-electron chi connectivity index (χ4n) is 1.24. The van der Waals surface area contributed by atoms with Gasteiger partial charge in [0, 0.05) is 14.0 Å². The fourth-order valence-corrected chi connectivity index (χ4v) is 1.24. The van der Waals surface area contributed by atoms with Crippen LogP contribution in [0.4, 0.5) is 0 Å². The van der Waals surface area contributed by atoms with Gasteiger partial charge in [0.1, 0.15) is 5.60 Å².